The fraction of sp³-hybridized carbons (Fsp3) is 0.417. The van der Waals surface area contributed by atoms with Gasteiger partial charge in [0.25, 0.3) is 0 Å². The van der Waals surface area contributed by atoms with Crippen LogP contribution in [-0.4, -0.2) is 52.2 Å². The quantitative estimate of drug-likeness (QED) is 0.803. The lowest BCUT2D eigenvalue weighted by atomic mass is 10.3. The second kappa shape index (κ2) is 5.64. The lowest BCUT2D eigenvalue weighted by molar-refractivity contribution is -0.119. The Hall–Kier alpha value is -1.61. The first-order chi connectivity index (χ1) is 10.0. The van der Waals surface area contributed by atoms with Crippen molar-refractivity contribution in [2.24, 2.45) is 0 Å². The Morgan fingerprint density at radius 3 is 3.05 bits per heavy atom. The smallest absolute Gasteiger partial charge is 0.230 e. The lowest BCUT2D eigenvalue weighted by Crippen LogP contribution is -2.36. The van der Waals surface area contributed by atoms with Crippen molar-refractivity contribution in [2.45, 2.75) is 17.6 Å². The van der Waals surface area contributed by atoms with E-state index in [1.54, 1.807) is 4.40 Å². The number of rotatable bonds is 4. The van der Waals surface area contributed by atoms with Crippen molar-refractivity contribution in [3.63, 3.8) is 0 Å². The molecule has 21 heavy (non-hydrogen) atoms. The van der Waals surface area contributed by atoms with Crippen LogP contribution in [0.5, 0.6) is 0 Å². The van der Waals surface area contributed by atoms with Crippen molar-refractivity contribution < 1.29 is 13.2 Å². The average Bonchev–Trinajstić information content (AvgIpc) is 3.00. The van der Waals surface area contributed by atoms with Crippen molar-refractivity contribution in [3.8, 4) is 0 Å². The number of carbonyl (C=O) groups is 1. The third-order valence-electron chi connectivity index (χ3n) is 3.21. The van der Waals surface area contributed by atoms with Crippen molar-refractivity contribution in [1.29, 1.82) is 0 Å². The van der Waals surface area contributed by atoms with Gasteiger partial charge in [-0.15, -0.1) is 10.2 Å². The number of fused-ring (bicyclic) bond motifs is 1. The molecule has 1 amide bonds. The van der Waals surface area contributed by atoms with E-state index in [1.165, 1.54) is 11.8 Å². The van der Waals surface area contributed by atoms with Crippen LogP contribution in [0.15, 0.2) is 29.6 Å². The first kappa shape index (κ1) is 14.3. The molecule has 0 aliphatic carbocycles. The summed E-state index contributed by atoms with van der Waals surface area (Å²) in [6.07, 6.45) is 2.33. The molecular formula is C12H14N4O3S2. The van der Waals surface area contributed by atoms with Crippen molar-refractivity contribution >= 4 is 33.2 Å². The number of thioether (sulfide) groups is 1. The maximum absolute atomic E-state index is 11.9. The molecule has 2 aromatic rings. The average molecular weight is 326 g/mol. The molecule has 0 radical (unpaired) electrons. The van der Waals surface area contributed by atoms with E-state index in [2.05, 4.69) is 15.5 Å². The number of hydrogen-bond donors (Lipinski definition) is 1. The molecule has 9 heteroatoms. The largest absolute Gasteiger partial charge is 0.352 e. The highest BCUT2D eigenvalue weighted by atomic mass is 32.2. The number of nitrogens with zero attached hydrogens (tertiary/aromatic N) is 3. The van der Waals surface area contributed by atoms with Gasteiger partial charge in [0.05, 0.1) is 17.3 Å². The van der Waals surface area contributed by atoms with E-state index < -0.39 is 9.84 Å². The minimum absolute atomic E-state index is 0.0390. The number of pyridine rings is 1. The summed E-state index contributed by atoms with van der Waals surface area (Å²) in [7, 11) is -2.98. The van der Waals surface area contributed by atoms with E-state index in [-0.39, 0.29) is 29.2 Å². The van der Waals surface area contributed by atoms with Gasteiger partial charge < -0.3 is 5.32 Å². The van der Waals surface area contributed by atoms with Crippen LogP contribution in [0.4, 0.5) is 0 Å². The van der Waals surface area contributed by atoms with Gasteiger partial charge in [0.2, 0.25) is 5.91 Å². The van der Waals surface area contributed by atoms with E-state index in [0.29, 0.717) is 11.6 Å². The van der Waals surface area contributed by atoms with E-state index in [4.69, 9.17) is 0 Å². The zero-order valence-corrected chi connectivity index (χ0v) is 12.7. The van der Waals surface area contributed by atoms with Crippen LogP contribution in [0.3, 0.4) is 0 Å². The van der Waals surface area contributed by atoms with Crippen LogP contribution < -0.4 is 5.32 Å². The lowest BCUT2D eigenvalue weighted by Gasteiger charge is -2.09. The van der Waals surface area contributed by atoms with Gasteiger partial charge in [-0.3, -0.25) is 9.20 Å². The third kappa shape index (κ3) is 3.35. The Balaban J connectivity index is 1.57. The number of nitrogens with one attached hydrogen (secondary N) is 1. The second-order valence-corrected chi connectivity index (χ2v) is 8.04. The molecule has 2 aromatic heterocycles. The van der Waals surface area contributed by atoms with Crippen LogP contribution in [0.2, 0.25) is 0 Å². The van der Waals surface area contributed by atoms with Gasteiger partial charge >= 0.3 is 0 Å². The predicted molar refractivity (Wildman–Crippen MR) is 78.9 cm³/mol. The molecule has 0 aromatic carbocycles. The molecule has 0 saturated carbocycles. The molecule has 7 nitrogen and oxygen atoms in total. The normalized spacial score (nSPS) is 20.7. The molecule has 1 aliphatic heterocycles. The first-order valence-corrected chi connectivity index (χ1v) is 9.26. The van der Waals surface area contributed by atoms with Crippen LogP contribution in [0, 0.1) is 0 Å². The summed E-state index contributed by atoms with van der Waals surface area (Å²) in [6.45, 7) is 0. The molecule has 112 valence electrons. The van der Waals surface area contributed by atoms with Gasteiger partial charge in [0.1, 0.15) is 0 Å². The van der Waals surface area contributed by atoms with Gasteiger partial charge in [-0.2, -0.15) is 0 Å². The van der Waals surface area contributed by atoms with Crippen molar-refractivity contribution in [3.05, 3.63) is 24.4 Å². The van der Waals surface area contributed by atoms with Gasteiger partial charge in [0.15, 0.2) is 20.6 Å². The summed E-state index contributed by atoms with van der Waals surface area (Å²) in [5, 5.41) is 11.4. The van der Waals surface area contributed by atoms with Crippen LogP contribution in [-0.2, 0) is 14.6 Å². The van der Waals surface area contributed by atoms with Gasteiger partial charge in [-0.25, -0.2) is 8.42 Å². The molecule has 1 fully saturated rings. The summed E-state index contributed by atoms with van der Waals surface area (Å²) < 4.78 is 24.5. The minimum Gasteiger partial charge on any atom is -0.352 e. The molecule has 1 saturated heterocycles. The molecule has 1 N–H and O–H groups in total. The molecule has 3 heterocycles. The van der Waals surface area contributed by atoms with Crippen LogP contribution in [0.1, 0.15) is 6.42 Å². The maximum Gasteiger partial charge on any atom is 0.230 e. The number of aromatic nitrogens is 3. The number of sulfone groups is 1. The Bertz CT molecular complexity index is 772. The molecule has 0 spiro atoms. The third-order valence-corrected chi connectivity index (χ3v) is 5.92. The standard InChI is InChI=1S/C12H14N4O3S2/c17-11(13-9-4-6-21(18,19)8-9)7-20-12-15-14-10-3-1-2-5-16(10)12/h1-3,5,9H,4,6-8H2,(H,13,17)/t9-/m0/s1. The monoisotopic (exact) mass is 326 g/mol. The predicted octanol–water partition coefficient (Wildman–Crippen LogP) is 0.125. The van der Waals surface area contributed by atoms with Crippen molar-refractivity contribution in [2.75, 3.05) is 17.3 Å². The highest BCUT2D eigenvalue weighted by molar-refractivity contribution is 7.99. The number of hydrogen-bond acceptors (Lipinski definition) is 6. The van der Waals surface area contributed by atoms with Crippen LogP contribution >= 0.6 is 11.8 Å². The topological polar surface area (TPSA) is 93.4 Å². The molecule has 0 bridgehead atoms. The highest BCUT2D eigenvalue weighted by Gasteiger charge is 2.28. The summed E-state index contributed by atoms with van der Waals surface area (Å²) in [6, 6.07) is 5.30. The van der Waals surface area contributed by atoms with Crippen molar-refractivity contribution in [1.82, 2.24) is 19.9 Å². The van der Waals surface area contributed by atoms with Gasteiger partial charge in [-0.05, 0) is 18.6 Å². The Labute approximate surface area is 126 Å². The van der Waals surface area contributed by atoms with Gasteiger partial charge in [-0.1, -0.05) is 17.8 Å². The number of carbonyl (C=O) groups excluding carboxylic acids is 1. The molecule has 1 atom stereocenters. The van der Waals surface area contributed by atoms with Gasteiger partial charge in [0, 0.05) is 12.2 Å². The summed E-state index contributed by atoms with van der Waals surface area (Å²) in [5.74, 6) is 0.193. The summed E-state index contributed by atoms with van der Waals surface area (Å²) in [4.78, 5) is 11.9. The van der Waals surface area contributed by atoms with E-state index >= 15 is 0 Å². The van der Waals surface area contributed by atoms with E-state index in [1.807, 2.05) is 24.4 Å². The summed E-state index contributed by atoms with van der Waals surface area (Å²) in [5.41, 5.74) is 0.724. The Morgan fingerprint density at radius 2 is 2.29 bits per heavy atom. The zero-order valence-electron chi connectivity index (χ0n) is 11.1. The minimum atomic E-state index is -2.98. The fourth-order valence-corrected chi connectivity index (χ4v) is 4.64. The van der Waals surface area contributed by atoms with Crippen LogP contribution in [0.25, 0.3) is 5.65 Å². The Morgan fingerprint density at radius 1 is 1.43 bits per heavy atom. The van der Waals surface area contributed by atoms with E-state index in [0.717, 1.165) is 5.65 Å². The molecule has 3 rings (SSSR count). The summed E-state index contributed by atoms with van der Waals surface area (Å²) >= 11 is 1.28. The first-order valence-electron chi connectivity index (χ1n) is 6.46. The number of amides is 1. The zero-order chi connectivity index (χ0) is 14.9. The maximum atomic E-state index is 11.9. The molecular weight excluding hydrogens is 312 g/mol. The highest BCUT2D eigenvalue weighted by Crippen LogP contribution is 2.17. The van der Waals surface area contributed by atoms with E-state index in [9.17, 15) is 13.2 Å². The SMILES string of the molecule is O=C(CSc1nnc2ccccn12)N[C@H]1CCS(=O)(=O)C1. The molecule has 0 unspecified atom stereocenters. The molecule has 1 aliphatic rings. The Kier molecular flexibility index (Phi) is 3.85. The fourth-order valence-electron chi connectivity index (χ4n) is 2.23. The second-order valence-electron chi connectivity index (χ2n) is 4.87.